The lowest BCUT2D eigenvalue weighted by Crippen LogP contribution is -1.95. The summed E-state index contributed by atoms with van der Waals surface area (Å²) in [7, 11) is 0. The summed E-state index contributed by atoms with van der Waals surface area (Å²) in [6.07, 6.45) is 0.522. The molecule has 0 aliphatic carbocycles. The van der Waals surface area contributed by atoms with Crippen LogP contribution in [0.25, 0.3) is 11.1 Å². The Morgan fingerprint density at radius 1 is 1.00 bits per heavy atom. The molecule has 0 unspecified atom stereocenters. The normalized spacial score (nSPS) is 10.2. The Kier molecular flexibility index (Phi) is 3.38. The molecule has 0 aliphatic rings. The van der Waals surface area contributed by atoms with Crippen LogP contribution in [0.3, 0.4) is 0 Å². The highest BCUT2D eigenvalue weighted by atomic mass is 16.1. The first kappa shape index (κ1) is 11.6. The van der Waals surface area contributed by atoms with E-state index in [0.717, 1.165) is 5.56 Å². The zero-order valence-corrected chi connectivity index (χ0v) is 10.2. The minimum atomic E-state index is 0.202. The van der Waals surface area contributed by atoms with E-state index in [9.17, 15) is 4.79 Å². The lowest BCUT2D eigenvalue weighted by Gasteiger charge is -2.04. The standard InChI is InChI=1S/C16H16O/c1-12-4-3-5-16(10-12)15-8-6-14(7-9-15)11-13(2)17/h3-10H,11H2,1-2H3. The maximum atomic E-state index is 11.0. The molecular formula is C16H16O. The van der Waals surface area contributed by atoms with Gasteiger partial charge in [-0.2, -0.15) is 0 Å². The molecule has 17 heavy (non-hydrogen) atoms. The van der Waals surface area contributed by atoms with E-state index >= 15 is 0 Å². The van der Waals surface area contributed by atoms with Gasteiger partial charge in [-0.15, -0.1) is 0 Å². The molecule has 0 atom stereocenters. The molecule has 1 nitrogen and oxygen atoms in total. The van der Waals surface area contributed by atoms with Crippen molar-refractivity contribution in [2.24, 2.45) is 0 Å². The molecule has 0 bridgehead atoms. The summed E-state index contributed by atoms with van der Waals surface area (Å²) in [6, 6.07) is 16.6. The van der Waals surface area contributed by atoms with Gasteiger partial charge in [0.25, 0.3) is 0 Å². The van der Waals surface area contributed by atoms with Gasteiger partial charge in [-0.25, -0.2) is 0 Å². The molecular weight excluding hydrogens is 208 g/mol. The van der Waals surface area contributed by atoms with Crippen molar-refractivity contribution in [1.82, 2.24) is 0 Å². The van der Waals surface area contributed by atoms with Crippen molar-refractivity contribution in [2.75, 3.05) is 0 Å². The van der Waals surface area contributed by atoms with Crippen LogP contribution in [0.4, 0.5) is 0 Å². The molecule has 0 spiro atoms. The van der Waals surface area contributed by atoms with Crippen LogP contribution in [0.5, 0.6) is 0 Å². The van der Waals surface area contributed by atoms with Gasteiger partial charge < -0.3 is 0 Å². The average molecular weight is 224 g/mol. The lowest BCUT2D eigenvalue weighted by atomic mass is 10.0. The van der Waals surface area contributed by atoms with E-state index in [1.54, 1.807) is 6.92 Å². The minimum Gasteiger partial charge on any atom is -0.300 e. The fourth-order valence-corrected chi connectivity index (χ4v) is 1.93. The third kappa shape index (κ3) is 3.04. The number of carbonyl (C=O) groups excluding carboxylic acids is 1. The average Bonchev–Trinajstić information content (AvgIpc) is 2.29. The topological polar surface area (TPSA) is 17.1 Å². The smallest absolute Gasteiger partial charge is 0.134 e. The van der Waals surface area contributed by atoms with E-state index in [-0.39, 0.29) is 5.78 Å². The van der Waals surface area contributed by atoms with Crippen molar-refractivity contribution in [1.29, 1.82) is 0 Å². The molecule has 0 radical (unpaired) electrons. The molecule has 2 aromatic rings. The molecule has 1 heteroatoms. The number of rotatable bonds is 3. The van der Waals surface area contributed by atoms with Crippen molar-refractivity contribution in [3.63, 3.8) is 0 Å². The number of aryl methyl sites for hydroxylation is 1. The Morgan fingerprint density at radius 2 is 1.71 bits per heavy atom. The first-order chi connectivity index (χ1) is 8.15. The summed E-state index contributed by atoms with van der Waals surface area (Å²) in [6.45, 7) is 3.71. The van der Waals surface area contributed by atoms with Gasteiger partial charge in [0.1, 0.15) is 5.78 Å². The zero-order valence-electron chi connectivity index (χ0n) is 10.2. The molecule has 86 valence electrons. The van der Waals surface area contributed by atoms with Gasteiger partial charge in [-0.1, -0.05) is 54.1 Å². The highest BCUT2D eigenvalue weighted by Crippen LogP contribution is 2.20. The van der Waals surface area contributed by atoms with Crippen LogP contribution in [0.1, 0.15) is 18.1 Å². The van der Waals surface area contributed by atoms with Crippen LogP contribution in [0, 0.1) is 6.92 Å². The molecule has 0 N–H and O–H groups in total. The number of ketones is 1. The minimum absolute atomic E-state index is 0.202. The maximum absolute atomic E-state index is 11.0. The fourth-order valence-electron chi connectivity index (χ4n) is 1.93. The van der Waals surface area contributed by atoms with E-state index in [2.05, 4.69) is 43.3 Å². The second kappa shape index (κ2) is 4.96. The molecule has 0 saturated carbocycles. The number of hydrogen-bond acceptors (Lipinski definition) is 1. The van der Waals surface area contributed by atoms with E-state index in [1.807, 2.05) is 12.1 Å². The summed E-state index contributed by atoms with van der Waals surface area (Å²) in [4.78, 5) is 11.0. The van der Waals surface area contributed by atoms with Crippen LogP contribution in [-0.2, 0) is 11.2 Å². The van der Waals surface area contributed by atoms with Crippen molar-refractivity contribution >= 4 is 5.78 Å². The van der Waals surface area contributed by atoms with Crippen LogP contribution in [-0.4, -0.2) is 5.78 Å². The number of benzene rings is 2. The van der Waals surface area contributed by atoms with Crippen molar-refractivity contribution < 1.29 is 4.79 Å². The molecule has 0 amide bonds. The number of hydrogen-bond donors (Lipinski definition) is 0. The summed E-state index contributed by atoms with van der Waals surface area (Å²) in [5.74, 6) is 0.202. The van der Waals surface area contributed by atoms with Gasteiger partial charge >= 0.3 is 0 Å². The first-order valence-corrected chi connectivity index (χ1v) is 5.80. The fraction of sp³-hybridized carbons (Fsp3) is 0.188. The first-order valence-electron chi connectivity index (χ1n) is 5.80. The molecule has 0 aromatic heterocycles. The van der Waals surface area contributed by atoms with Crippen LogP contribution >= 0.6 is 0 Å². The van der Waals surface area contributed by atoms with Crippen LogP contribution < -0.4 is 0 Å². The predicted octanol–water partition coefficient (Wildman–Crippen LogP) is 3.79. The van der Waals surface area contributed by atoms with Crippen molar-refractivity contribution in [2.45, 2.75) is 20.3 Å². The van der Waals surface area contributed by atoms with Crippen LogP contribution in [0.15, 0.2) is 48.5 Å². The Hall–Kier alpha value is -1.89. The number of Topliss-reactive ketones (excluding diaryl/α,β-unsaturated/α-hetero) is 1. The third-order valence-corrected chi connectivity index (χ3v) is 2.76. The third-order valence-electron chi connectivity index (χ3n) is 2.76. The maximum Gasteiger partial charge on any atom is 0.134 e. The summed E-state index contributed by atoms with van der Waals surface area (Å²) in [5.41, 5.74) is 4.75. The van der Waals surface area contributed by atoms with Gasteiger partial charge in [0.05, 0.1) is 0 Å². The lowest BCUT2D eigenvalue weighted by molar-refractivity contribution is -0.116. The molecule has 0 heterocycles. The largest absolute Gasteiger partial charge is 0.300 e. The Morgan fingerprint density at radius 3 is 2.29 bits per heavy atom. The van der Waals surface area contributed by atoms with Crippen LogP contribution in [0.2, 0.25) is 0 Å². The van der Waals surface area contributed by atoms with E-state index in [4.69, 9.17) is 0 Å². The van der Waals surface area contributed by atoms with Gasteiger partial charge in [0.2, 0.25) is 0 Å². The summed E-state index contributed by atoms with van der Waals surface area (Å²) < 4.78 is 0. The van der Waals surface area contributed by atoms with Gasteiger partial charge in [0.15, 0.2) is 0 Å². The zero-order chi connectivity index (χ0) is 12.3. The Balaban J connectivity index is 2.26. The molecule has 0 fully saturated rings. The van der Waals surface area contributed by atoms with Gasteiger partial charge in [-0.05, 0) is 30.5 Å². The second-order valence-corrected chi connectivity index (χ2v) is 4.45. The SMILES string of the molecule is CC(=O)Cc1ccc(-c2cccc(C)c2)cc1. The second-order valence-electron chi connectivity index (χ2n) is 4.45. The highest BCUT2D eigenvalue weighted by molar-refractivity contribution is 5.78. The number of carbonyl (C=O) groups is 1. The Labute approximate surface area is 102 Å². The molecule has 2 aromatic carbocycles. The quantitative estimate of drug-likeness (QED) is 0.775. The van der Waals surface area contributed by atoms with E-state index in [1.165, 1.54) is 16.7 Å². The Bertz CT molecular complexity index is 523. The van der Waals surface area contributed by atoms with Crippen molar-refractivity contribution in [3.05, 3.63) is 59.7 Å². The van der Waals surface area contributed by atoms with Gasteiger partial charge in [-0.3, -0.25) is 4.79 Å². The molecule has 0 aliphatic heterocycles. The van der Waals surface area contributed by atoms with Crippen molar-refractivity contribution in [3.8, 4) is 11.1 Å². The van der Waals surface area contributed by atoms with E-state index in [0.29, 0.717) is 6.42 Å². The monoisotopic (exact) mass is 224 g/mol. The molecule has 0 saturated heterocycles. The highest BCUT2D eigenvalue weighted by Gasteiger charge is 2.00. The summed E-state index contributed by atoms with van der Waals surface area (Å²) in [5, 5.41) is 0. The van der Waals surface area contributed by atoms with Gasteiger partial charge in [0, 0.05) is 6.42 Å². The predicted molar refractivity (Wildman–Crippen MR) is 71.0 cm³/mol. The summed E-state index contributed by atoms with van der Waals surface area (Å²) >= 11 is 0. The molecule has 2 rings (SSSR count). The van der Waals surface area contributed by atoms with E-state index < -0.39 is 0 Å².